The lowest BCUT2D eigenvalue weighted by Gasteiger charge is -2.23. The maximum atomic E-state index is 13.3. The topological polar surface area (TPSA) is 131 Å². The van der Waals surface area contributed by atoms with Crippen molar-refractivity contribution in [2.75, 3.05) is 31.7 Å². The number of carbonyl (C=O) groups excluding carboxylic acids is 3. The molecular formula is C28H35N7O4S. The minimum Gasteiger partial charge on any atom is -0.494 e. The minimum atomic E-state index is -0.683. The van der Waals surface area contributed by atoms with E-state index in [9.17, 15) is 14.4 Å². The molecule has 0 saturated carbocycles. The van der Waals surface area contributed by atoms with Crippen molar-refractivity contribution in [3.8, 4) is 5.75 Å². The van der Waals surface area contributed by atoms with Crippen LogP contribution in [0, 0.1) is 6.92 Å². The molecule has 3 amide bonds. The van der Waals surface area contributed by atoms with E-state index in [1.165, 1.54) is 6.20 Å². The number of amides is 3. The van der Waals surface area contributed by atoms with Crippen LogP contribution in [-0.2, 0) is 17.9 Å². The third-order valence-electron chi connectivity index (χ3n) is 6.53. The summed E-state index contributed by atoms with van der Waals surface area (Å²) in [6, 6.07) is 8.15. The monoisotopic (exact) mass is 565 g/mol. The van der Waals surface area contributed by atoms with Crippen molar-refractivity contribution < 1.29 is 19.1 Å². The molecule has 4 bridgehead atoms. The molecular weight excluding hydrogens is 530 g/mol. The van der Waals surface area contributed by atoms with Crippen LogP contribution in [0.4, 0.5) is 0 Å². The smallest absolute Gasteiger partial charge is 0.255 e. The molecule has 1 atom stereocenters. The van der Waals surface area contributed by atoms with Gasteiger partial charge >= 0.3 is 0 Å². The maximum Gasteiger partial charge on any atom is 0.255 e. The molecule has 1 aliphatic heterocycles. The second kappa shape index (κ2) is 14.5. The Hall–Kier alpha value is -3.93. The molecule has 0 spiro atoms. The summed E-state index contributed by atoms with van der Waals surface area (Å²) in [5.74, 6) is 0.552. The number of thioether (sulfide) groups is 1. The van der Waals surface area contributed by atoms with Crippen LogP contribution in [0.2, 0.25) is 0 Å². The molecule has 4 rings (SSSR count). The fourth-order valence-corrected chi connectivity index (χ4v) is 4.81. The van der Waals surface area contributed by atoms with E-state index >= 15 is 0 Å². The summed E-state index contributed by atoms with van der Waals surface area (Å²) in [5.41, 5.74) is 2.41. The van der Waals surface area contributed by atoms with Crippen molar-refractivity contribution in [3.05, 3.63) is 71.3 Å². The first-order chi connectivity index (χ1) is 19.4. The summed E-state index contributed by atoms with van der Waals surface area (Å²) in [6.45, 7) is 3.88. The van der Waals surface area contributed by atoms with Crippen LogP contribution in [0.15, 0.2) is 48.9 Å². The Kier molecular flexibility index (Phi) is 10.5. The van der Waals surface area contributed by atoms with Crippen LogP contribution >= 0.6 is 11.8 Å². The van der Waals surface area contributed by atoms with Crippen molar-refractivity contribution in [1.29, 1.82) is 0 Å². The Labute approximate surface area is 238 Å². The average Bonchev–Trinajstić information content (AvgIpc) is 3.42. The number of rotatable bonds is 4. The van der Waals surface area contributed by atoms with Gasteiger partial charge in [0.2, 0.25) is 5.91 Å². The Balaban J connectivity index is 1.54. The largest absolute Gasteiger partial charge is 0.494 e. The van der Waals surface area contributed by atoms with E-state index in [0.717, 1.165) is 5.56 Å². The van der Waals surface area contributed by atoms with E-state index < -0.39 is 6.04 Å². The van der Waals surface area contributed by atoms with Gasteiger partial charge in [0.15, 0.2) is 0 Å². The molecule has 0 unspecified atom stereocenters. The number of hydrogen-bond acceptors (Lipinski definition) is 8. The highest BCUT2D eigenvalue weighted by atomic mass is 32.2. The van der Waals surface area contributed by atoms with Crippen molar-refractivity contribution in [3.63, 3.8) is 0 Å². The molecule has 40 heavy (non-hydrogen) atoms. The normalized spacial score (nSPS) is 17.4. The van der Waals surface area contributed by atoms with Gasteiger partial charge in [-0.15, -0.1) is 5.10 Å². The summed E-state index contributed by atoms with van der Waals surface area (Å²) in [5, 5.41) is 14.3. The van der Waals surface area contributed by atoms with Crippen LogP contribution in [-0.4, -0.2) is 80.3 Å². The quantitative estimate of drug-likeness (QED) is 0.493. The zero-order valence-corrected chi connectivity index (χ0v) is 23.7. The molecule has 2 N–H and O–H groups in total. The van der Waals surface area contributed by atoms with E-state index in [1.807, 2.05) is 31.5 Å². The van der Waals surface area contributed by atoms with E-state index in [1.54, 1.807) is 45.7 Å². The number of nitrogens with one attached hydrogen (secondary N) is 2. The summed E-state index contributed by atoms with van der Waals surface area (Å²) < 4.78 is 7.64. The number of carbonyl (C=O) groups is 3. The van der Waals surface area contributed by atoms with Crippen LogP contribution in [0.3, 0.4) is 0 Å². The number of nitrogens with zero attached hydrogens (tertiary/aromatic N) is 5. The van der Waals surface area contributed by atoms with Gasteiger partial charge < -0.3 is 20.3 Å². The summed E-state index contributed by atoms with van der Waals surface area (Å²) >= 11 is 1.61. The van der Waals surface area contributed by atoms with E-state index in [0.29, 0.717) is 73.8 Å². The third-order valence-corrected chi connectivity index (χ3v) is 7.17. The van der Waals surface area contributed by atoms with Crippen LogP contribution in [0.25, 0.3) is 0 Å². The number of ether oxygens (including phenoxy) is 1. The summed E-state index contributed by atoms with van der Waals surface area (Å²) in [4.78, 5) is 45.3. The highest BCUT2D eigenvalue weighted by Crippen LogP contribution is 2.18. The van der Waals surface area contributed by atoms with Gasteiger partial charge in [0.25, 0.3) is 11.8 Å². The van der Waals surface area contributed by atoms with Gasteiger partial charge in [0, 0.05) is 44.0 Å². The predicted molar refractivity (Wildman–Crippen MR) is 152 cm³/mol. The fourth-order valence-electron chi connectivity index (χ4n) is 4.34. The van der Waals surface area contributed by atoms with Gasteiger partial charge in [0.1, 0.15) is 17.5 Å². The van der Waals surface area contributed by atoms with Crippen molar-refractivity contribution in [2.45, 2.75) is 45.3 Å². The number of fused-ring (bicyclic) bond motifs is 4. The summed E-state index contributed by atoms with van der Waals surface area (Å²) in [7, 11) is 0. The van der Waals surface area contributed by atoms with Gasteiger partial charge in [0.05, 0.1) is 24.9 Å². The Morgan fingerprint density at radius 2 is 2.08 bits per heavy atom. The standard InChI is InChI=1S/C28H35N7O4S/c1-20-7-8-23-16-24(20)26(36)31-25(9-15-40-2)27(37)30-11-4-12-34(28(38)21-6-3-10-29-17-21)18-22-19-35(33-32-22)13-5-14-39-23/h3,6-8,10,16-17,19,25H,4-5,9,11-15,18H2,1-2H3,(H,30,37)(H,31,36)/t25-/m0/s1. The number of hydrogen-bond donors (Lipinski definition) is 2. The second-order valence-electron chi connectivity index (χ2n) is 9.57. The van der Waals surface area contributed by atoms with Crippen molar-refractivity contribution in [2.24, 2.45) is 0 Å². The molecule has 0 aliphatic carbocycles. The molecule has 3 heterocycles. The first-order valence-electron chi connectivity index (χ1n) is 13.3. The molecule has 1 aliphatic rings. The van der Waals surface area contributed by atoms with Crippen LogP contribution < -0.4 is 15.4 Å². The Morgan fingerprint density at radius 3 is 2.88 bits per heavy atom. The molecule has 212 valence electrons. The SMILES string of the molecule is CSCC[C@@H]1NC(=O)c2cc(ccc2C)OCCCn2cc(nn2)CN(C(=O)c2cccnc2)CCCNC1=O. The lowest BCUT2D eigenvalue weighted by atomic mass is 10.1. The van der Waals surface area contributed by atoms with Gasteiger partial charge in [-0.25, -0.2) is 0 Å². The predicted octanol–water partition coefficient (Wildman–Crippen LogP) is 2.46. The van der Waals surface area contributed by atoms with Gasteiger partial charge in [-0.2, -0.15) is 11.8 Å². The zero-order valence-electron chi connectivity index (χ0n) is 22.8. The number of aromatic nitrogens is 4. The maximum absolute atomic E-state index is 13.3. The second-order valence-corrected chi connectivity index (χ2v) is 10.6. The van der Waals surface area contributed by atoms with Gasteiger partial charge in [-0.1, -0.05) is 11.3 Å². The summed E-state index contributed by atoms with van der Waals surface area (Å²) in [6.07, 6.45) is 8.64. The first-order valence-corrected chi connectivity index (χ1v) is 14.7. The Bertz CT molecular complexity index is 1300. The van der Waals surface area contributed by atoms with Crippen LogP contribution in [0.1, 0.15) is 51.2 Å². The van der Waals surface area contributed by atoms with E-state index in [4.69, 9.17) is 4.74 Å². The number of aryl methyl sites for hydroxylation is 2. The molecule has 0 fully saturated rings. The van der Waals surface area contributed by atoms with Crippen LogP contribution in [0.5, 0.6) is 5.75 Å². The lowest BCUT2D eigenvalue weighted by Crippen LogP contribution is -2.47. The van der Waals surface area contributed by atoms with Gasteiger partial charge in [-0.05, 0) is 61.6 Å². The lowest BCUT2D eigenvalue weighted by molar-refractivity contribution is -0.123. The zero-order chi connectivity index (χ0) is 28.3. The molecule has 0 radical (unpaired) electrons. The van der Waals surface area contributed by atoms with Crippen molar-refractivity contribution in [1.82, 2.24) is 35.5 Å². The van der Waals surface area contributed by atoms with E-state index in [2.05, 4.69) is 25.9 Å². The number of benzene rings is 1. The molecule has 11 nitrogen and oxygen atoms in total. The highest BCUT2D eigenvalue weighted by molar-refractivity contribution is 7.98. The highest BCUT2D eigenvalue weighted by Gasteiger charge is 2.23. The molecule has 3 aromatic rings. The molecule has 0 saturated heterocycles. The third kappa shape index (κ3) is 8.04. The molecule has 1 aromatic carbocycles. The first kappa shape index (κ1) is 29.1. The fraction of sp³-hybridized carbons (Fsp3) is 0.429. The Morgan fingerprint density at radius 1 is 1.20 bits per heavy atom. The van der Waals surface area contributed by atoms with Gasteiger partial charge in [-0.3, -0.25) is 24.0 Å². The van der Waals surface area contributed by atoms with Crippen molar-refractivity contribution >= 4 is 29.5 Å². The average molecular weight is 566 g/mol. The van der Waals surface area contributed by atoms with E-state index in [-0.39, 0.29) is 24.3 Å². The molecule has 12 heteroatoms. The molecule has 2 aromatic heterocycles. The minimum absolute atomic E-state index is 0.175. The number of pyridine rings is 1.